The lowest BCUT2D eigenvalue weighted by molar-refractivity contribution is -0.114. The summed E-state index contributed by atoms with van der Waals surface area (Å²) in [6.45, 7) is 3.93. The van der Waals surface area contributed by atoms with Crippen LogP contribution in [-0.2, 0) is 4.79 Å². The van der Waals surface area contributed by atoms with Crippen molar-refractivity contribution >= 4 is 5.91 Å². The molecular formula is C12H21NO. The monoisotopic (exact) mass is 195 g/mol. The summed E-state index contributed by atoms with van der Waals surface area (Å²) in [7, 11) is 0. The minimum absolute atomic E-state index is 0.347. The van der Waals surface area contributed by atoms with Crippen LogP contribution in [0.4, 0.5) is 0 Å². The quantitative estimate of drug-likeness (QED) is 0.379. The fourth-order valence-electron chi connectivity index (χ4n) is 1.08. The van der Waals surface area contributed by atoms with E-state index in [9.17, 15) is 4.79 Å². The van der Waals surface area contributed by atoms with Crippen LogP contribution >= 0.6 is 0 Å². The summed E-state index contributed by atoms with van der Waals surface area (Å²) in [5, 5.41) is 0. The van der Waals surface area contributed by atoms with Gasteiger partial charge in [-0.15, -0.1) is 0 Å². The van der Waals surface area contributed by atoms with Gasteiger partial charge in [-0.3, -0.25) is 4.79 Å². The Balaban J connectivity index is 3.53. The third-order valence-electron chi connectivity index (χ3n) is 2.10. The molecule has 0 fully saturated rings. The van der Waals surface area contributed by atoms with E-state index >= 15 is 0 Å². The van der Waals surface area contributed by atoms with Crippen molar-refractivity contribution in [3.8, 4) is 0 Å². The average Bonchev–Trinajstić information content (AvgIpc) is 2.16. The van der Waals surface area contributed by atoms with Gasteiger partial charge in [0.15, 0.2) is 0 Å². The Morgan fingerprint density at radius 1 is 1.29 bits per heavy atom. The van der Waals surface area contributed by atoms with Crippen LogP contribution < -0.4 is 5.73 Å². The average molecular weight is 195 g/mol. The molecule has 0 bridgehead atoms. The van der Waals surface area contributed by atoms with Crippen molar-refractivity contribution < 1.29 is 4.79 Å². The molecule has 2 N–H and O–H groups in total. The lowest BCUT2D eigenvalue weighted by atomic mass is 10.1. The van der Waals surface area contributed by atoms with Gasteiger partial charge in [0, 0.05) is 5.57 Å². The number of nitrogens with two attached hydrogens (primary N) is 1. The molecule has 0 aliphatic heterocycles. The summed E-state index contributed by atoms with van der Waals surface area (Å²) in [5.74, 6) is -0.347. The number of carbonyl (C=O) groups is 1. The van der Waals surface area contributed by atoms with Crippen molar-refractivity contribution in [3.63, 3.8) is 0 Å². The van der Waals surface area contributed by atoms with Gasteiger partial charge < -0.3 is 5.73 Å². The first kappa shape index (κ1) is 12.9. The second kappa shape index (κ2) is 8.54. The first-order chi connectivity index (χ1) is 6.68. The summed E-state index contributed by atoms with van der Waals surface area (Å²) in [5.41, 5.74) is 5.68. The van der Waals surface area contributed by atoms with E-state index in [1.54, 1.807) is 13.0 Å². The highest BCUT2D eigenvalue weighted by molar-refractivity contribution is 5.91. The fourth-order valence-corrected chi connectivity index (χ4v) is 1.08. The van der Waals surface area contributed by atoms with Crippen molar-refractivity contribution in [2.75, 3.05) is 0 Å². The summed E-state index contributed by atoms with van der Waals surface area (Å²) >= 11 is 0. The Morgan fingerprint density at radius 3 is 2.57 bits per heavy atom. The third kappa shape index (κ3) is 7.59. The van der Waals surface area contributed by atoms with Crippen molar-refractivity contribution in [2.45, 2.75) is 46.0 Å². The van der Waals surface area contributed by atoms with Gasteiger partial charge in [0.1, 0.15) is 0 Å². The van der Waals surface area contributed by atoms with Crippen LogP contribution in [0.25, 0.3) is 0 Å². The van der Waals surface area contributed by atoms with Crippen molar-refractivity contribution in [1.82, 2.24) is 0 Å². The molecule has 0 aliphatic carbocycles. The van der Waals surface area contributed by atoms with E-state index in [-0.39, 0.29) is 5.91 Å². The Hall–Kier alpha value is -1.05. The topological polar surface area (TPSA) is 43.1 Å². The Labute approximate surface area is 86.9 Å². The van der Waals surface area contributed by atoms with Gasteiger partial charge in [0.25, 0.3) is 0 Å². The third-order valence-corrected chi connectivity index (χ3v) is 2.10. The van der Waals surface area contributed by atoms with Gasteiger partial charge in [0.2, 0.25) is 5.91 Å². The second-order valence-electron chi connectivity index (χ2n) is 3.49. The Kier molecular flexibility index (Phi) is 7.90. The molecule has 2 heteroatoms. The van der Waals surface area contributed by atoms with Crippen LogP contribution in [0, 0.1) is 0 Å². The lowest BCUT2D eigenvalue weighted by Gasteiger charge is -1.93. The molecule has 14 heavy (non-hydrogen) atoms. The number of hydrogen-bond acceptors (Lipinski definition) is 1. The molecule has 0 radical (unpaired) electrons. The van der Waals surface area contributed by atoms with Gasteiger partial charge >= 0.3 is 0 Å². The smallest absolute Gasteiger partial charge is 0.244 e. The number of allylic oxidation sites excluding steroid dienone is 3. The van der Waals surface area contributed by atoms with Crippen LogP contribution in [0.3, 0.4) is 0 Å². The first-order valence-corrected chi connectivity index (χ1v) is 5.31. The number of hydrogen-bond donors (Lipinski definition) is 1. The highest BCUT2D eigenvalue weighted by Gasteiger charge is 1.92. The predicted octanol–water partition coefficient (Wildman–Crippen LogP) is 2.94. The first-order valence-electron chi connectivity index (χ1n) is 5.31. The molecule has 2 nitrogen and oxygen atoms in total. The molecule has 0 heterocycles. The minimum Gasteiger partial charge on any atom is -0.366 e. The van der Waals surface area contributed by atoms with Gasteiger partial charge in [-0.2, -0.15) is 0 Å². The number of primary amides is 1. The SMILES string of the molecule is CCCCCCC=CC=C(C)C(N)=O. The molecule has 0 saturated carbocycles. The summed E-state index contributed by atoms with van der Waals surface area (Å²) in [6.07, 6.45) is 11.9. The minimum atomic E-state index is -0.347. The molecule has 0 spiro atoms. The zero-order valence-electron chi connectivity index (χ0n) is 9.25. The molecule has 0 aromatic carbocycles. The highest BCUT2D eigenvalue weighted by Crippen LogP contribution is 2.03. The molecule has 1 amide bonds. The Bertz CT molecular complexity index is 216. The summed E-state index contributed by atoms with van der Waals surface area (Å²) in [4.78, 5) is 10.6. The van der Waals surface area contributed by atoms with Gasteiger partial charge in [-0.05, 0) is 19.8 Å². The van der Waals surface area contributed by atoms with Crippen LogP contribution in [0.2, 0.25) is 0 Å². The number of carbonyl (C=O) groups excluding carboxylic acids is 1. The van der Waals surface area contributed by atoms with E-state index in [0.717, 1.165) is 6.42 Å². The molecule has 0 rings (SSSR count). The maximum atomic E-state index is 10.6. The molecule has 0 aromatic heterocycles. The zero-order valence-corrected chi connectivity index (χ0v) is 9.25. The predicted molar refractivity (Wildman–Crippen MR) is 60.9 cm³/mol. The van der Waals surface area contributed by atoms with Gasteiger partial charge in [0.05, 0.1) is 0 Å². The number of amides is 1. The van der Waals surface area contributed by atoms with E-state index in [1.807, 2.05) is 6.08 Å². The van der Waals surface area contributed by atoms with Crippen molar-refractivity contribution in [2.24, 2.45) is 5.73 Å². The molecule has 0 saturated heterocycles. The maximum Gasteiger partial charge on any atom is 0.244 e. The molecule has 0 aliphatic rings. The van der Waals surface area contributed by atoms with Crippen LogP contribution in [0.5, 0.6) is 0 Å². The van der Waals surface area contributed by atoms with Crippen molar-refractivity contribution in [3.05, 3.63) is 23.8 Å². The normalized spacial score (nSPS) is 12.3. The van der Waals surface area contributed by atoms with Crippen LogP contribution in [-0.4, -0.2) is 5.91 Å². The van der Waals surface area contributed by atoms with Gasteiger partial charge in [-0.1, -0.05) is 44.4 Å². The van der Waals surface area contributed by atoms with Gasteiger partial charge in [-0.25, -0.2) is 0 Å². The fraction of sp³-hybridized carbons (Fsp3) is 0.583. The molecule has 0 atom stereocenters. The second-order valence-corrected chi connectivity index (χ2v) is 3.49. The molecule has 0 unspecified atom stereocenters. The maximum absolute atomic E-state index is 10.6. The van der Waals surface area contributed by atoms with E-state index in [4.69, 9.17) is 5.73 Å². The van der Waals surface area contributed by atoms with E-state index in [2.05, 4.69) is 13.0 Å². The largest absolute Gasteiger partial charge is 0.366 e. The molecule has 0 aromatic rings. The van der Waals surface area contributed by atoms with Crippen molar-refractivity contribution in [1.29, 1.82) is 0 Å². The number of unbranched alkanes of at least 4 members (excludes halogenated alkanes) is 4. The summed E-state index contributed by atoms with van der Waals surface area (Å²) < 4.78 is 0. The van der Waals surface area contributed by atoms with E-state index < -0.39 is 0 Å². The zero-order chi connectivity index (χ0) is 10.8. The molecular weight excluding hydrogens is 174 g/mol. The molecule has 80 valence electrons. The Morgan fingerprint density at radius 2 is 2.00 bits per heavy atom. The summed E-state index contributed by atoms with van der Waals surface area (Å²) in [6, 6.07) is 0. The van der Waals surface area contributed by atoms with E-state index in [1.165, 1.54) is 25.7 Å². The highest BCUT2D eigenvalue weighted by atomic mass is 16.1. The van der Waals surface area contributed by atoms with Crippen LogP contribution in [0.15, 0.2) is 23.8 Å². The standard InChI is InChI=1S/C12H21NO/c1-3-4-5-6-7-8-9-10-11(2)12(13)14/h8-10H,3-7H2,1-2H3,(H2,13,14). The lowest BCUT2D eigenvalue weighted by Crippen LogP contribution is -2.11. The van der Waals surface area contributed by atoms with E-state index in [0.29, 0.717) is 5.57 Å². The number of rotatable bonds is 7. The van der Waals surface area contributed by atoms with Crippen LogP contribution in [0.1, 0.15) is 46.0 Å².